The van der Waals surface area contributed by atoms with Gasteiger partial charge in [-0.15, -0.1) is 0 Å². The van der Waals surface area contributed by atoms with E-state index in [9.17, 15) is 9.90 Å². The number of fused-ring (bicyclic) bond motifs is 1. The van der Waals surface area contributed by atoms with Crippen molar-refractivity contribution < 1.29 is 14.6 Å². The van der Waals surface area contributed by atoms with Gasteiger partial charge >= 0.3 is 0 Å². The van der Waals surface area contributed by atoms with Gasteiger partial charge < -0.3 is 20.5 Å². The number of nitrogens with one attached hydrogen (secondary N) is 2. The van der Waals surface area contributed by atoms with Crippen molar-refractivity contribution >= 4 is 11.6 Å². The number of carbonyl (C=O) groups excluding carboxylic acids is 1. The Morgan fingerprint density at radius 3 is 2.95 bits per heavy atom. The summed E-state index contributed by atoms with van der Waals surface area (Å²) in [5.74, 6) is 0.782. The number of hydrogen-bond donors (Lipinski definition) is 3. The number of aryl methyl sites for hydroxylation is 1. The largest absolute Gasteiger partial charge is 0.491 e. The Morgan fingerprint density at radius 1 is 1.40 bits per heavy atom. The van der Waals surface area contributed by atoms with Gasteiger partial charge in [-0.3, -0.25) is 4.79 Å². The lowest BCUT2D eigenvalue weighted by molar-refractivity contribution is -0.116. The van der Waals surface area contributed by atoms with Gasteiger partial charge in [0.2, 0.25) is 5.91 Å². The van der Waals surface area contributed by atoms with Crippen molar-refractivity contribution in [1.82, 2.24) is 5.32 Å². The predicted octanol–water partition coefficient (Wildman–Crippen LogP) is 1.31. The first kappa shape index (κ1) is 14.8. The van der Waals surface area contributed by atoms with E-state index in [2.05, 4.69) is 10.6 Å². The van der Waals surface area contributed by atoms with E-state index < -0.39 is 6.10 Å². The van der Waals surface area contributed by atoms with Crippen LogP contribution in [0.3, 0.4) is 0 Å². The van der Waals surface area contributed by atoms with E-state index in [0.717, 1.165) is 23.4 Å². The number of anilines is 1. The molecule has 0 bridgehead atoms. The van der Waals surface area contributed by atoms with Crippen LogP contribution in [-0.4, -0.2) is 36.3 Å². The van der Waals surface area contributed by atoms with Gasteiger partial charge in [0.15, 0.2) is 0 Å². The highest BCUT2D eigenvalue weighted by atomic mass is 16.5. The molecule has 1 atom stereocenters. The highest BCUT2D eigenvalue weighted by Gasteiger charge is 2.15. The smallest absolute Gasteiger partial charge is 0.224 e. The van der Waals surface area contributed by atoms with Crippen molar-refractivity contribution in [3.8, 4) is 5.75 Å². The van der Waals surface area contributed by atoms with E-state index in [1.165, 1.54) is 0 Å². The summed E-state index contributed by atoms with van der Waals surface area (Å²) in [5, 5.41) is 15.8. The molecule has 0 fully saturated rings. The van der Waals surface area contributed by atoms with Crippen molar-refractivity contribution in [2.75, 3.05) is 18.5 Å². The third-order valence-electron chi connectivity index (χ3n) is 3.18. The maximum Gasteiger partial charge on any atom is 0.224 e. The minimum atomic E-state index is -0.534. The molecule has 1 unspecified atom stereocenters. The Labute approximate surface area is 119 Å². The van der Waals surface area contributed by atoms with Gasteiger partial charge in [-0.25, -0.2) is 0 Å². The number of hydrogen-bond acceptors (Lipinski definition) is 4. The Balaban J connectivity index is 1.86. The second-order valence-electron chi connectivity index (χ2n) is 5.39. The number of ether oxygens (including phenoxy) is 1. The quantitative estimate of drug-likeness (QED) is 0.734. The number of aliphatic hydroxyl groups excluding tert-OH is 1. The Morgan fingerprint density at radius 2 is 2.20 bits per heavy atom. The second kappa shape index (κ2) is 6.72. The zero-order valence-electron chi connectivity index (χ0n) is 12.0. The first-order valence-electron chi connectivity index (χ1n) is 7.01. The van der Waals surface area contributed by atoms with Crippen LogP contribution in [0.25, 0.3) is 0 Å². The second-order valence-corrected chi connectivity index (χ2v) is 5.39. The molecule has 5 heteroatoms. The molecule has 5 nitrogen and oxygen atoms in total. The zero-order chi connectivity index (χ0) is 14.5. The van der Waals surface area contributed by atoms with Gasteiger partial charge in [-0.1, -0.05) is 13.8 Å². The summed E-state index contributed by atoms with van der Waals surface area (Å²) in [6.45, 7) is 4.83. The van der Waals surface area contributed by atoms with Crippen molar-refractivity contribution in [1.29, 1.82) is 0 Å². The van der Waals surface area contributed by atoms with Gasteiger partial charge in [-0.05, 0) is 30.2 Å². The average molecular weight is 278 g/mol. The SMILES string of the molecule is CC(C)NCC(O)COc1ccc2c(c1)CCC(=O)N2. The van der Waals surface area contributed by atoms with E-state index in [4.69, 9.17) is 4.74 Å². The van der Waals surface area contributed by atoms with Crippen molar-refractivity contribution in [2.45, 2.75) is 38.8 Å². The van der Waals surface area contributed by atoms with Crippen LogP contribution in [0.5, 0.6) is 5.75 Å². The first-order valence-corrected chi connectivity index (χ1v) is 7.01. The van der Waals surface area contributed by atoms with Gasteiger partial charge in [0.25, 0.3) is 0 Å². The van der Waals surface area contributed by atoms with E-state index in [0.29, 0.717) is 19.0 Å². The maximum atomic E-state index is 11.3. The first-order chi connectivity index (χ1) is 9.54. The lowest BCUT2D eigenvalue weighted by atomic mass is 10.0. The number of carbonyl (C=O) groups is 1. The number of rotatable bonds is 6. The number of benzene rings is 1. The Hall–Kier alpha value is -1.59. The van der Waals surface area contributed by atoms with E-state index in [1.807, 2.05) is 32.0 Å². The van der Waals surface area contributed by atoms with Crippen LogP contribution >= 0.6 is 0 Å². The summed E-state index contributed by atoms with van der Waals surface area (Å²) in [6.07, 6.45) is 0.709. The van der Waals surface area contributed by atoms with Crippen LogP contribution in [-0.2, 0) is 11.2 Å². The highest BCUT2D eigenvalue weighted by molar-refractivity contribution is 5.93. The molecule has 1 heterocycles. The molecule has 1 aromatic carbocycles. The summed E-state index contributed by atoms with van der Waals surface area (Å²) < 4.78 is 5.59. The molecule has 1 aliphatic heterocycles. The summed E-state index contributed by atoms with van der Waals surface area (Å²) in [5.41, 5.74) is 1.94. The third-order valence-corrected chi connectivity index (χ3v) is 3.18. The fraction of sp³-hybridized carbons (Fsp3) is 0.533. The van der Waals surface area contributed by atoms with Gasteiger partial charge in [0.1, 0.15) is 18.5 Å². The van der Waals surface area contributed by atoms with Gasteiger partial charge in [-0.2, -0.15) is 0 Å². The lowest BCUT2D eigenvalue weighted by Crippen LogP contribution is -2.35. The van der Waals surface area contributed by atoms with Gasteiger partial charge in [0, 0.05) is 24.7 Å². The summed E-state index contributed by atoms with van der Waals surface area (Å²) in [7, 11) is 0. The maximum absolute atomic E-state index is 11.3. The highest BCUT2D eigenvalue weighted by Crippen LogP contribution is 2.26. The number of aliphatic hydroxyl groups is 1. The standard InChI is InChI=1S/C15H22N2O3/c1-10(2)16-8-12(18)9-20-13-4-5-14-11(7-13)3-6-15(19)17-14/h4-5,7,10,12,16,18H,3,6,8-9H2,1-2H3,(H,17,19). The normalized spacial score (nSPS) is 15.7. The van der Waals surface area contributed by atoms with E-state index in [-0.39, 0.29) is 12.5 Å². The van der Waals surface area contributed by atoms with Crippen molar-refractivity contribution in [3.63, 3.8) is 0 Å². The molecule has 1 amide bonds. The van der Waals surface area contributed by atoms with Gasteiger partial charge in [0.05, 0.1) is 0 Å². The summed E-state index contributed by atoms with van der Waals surface area (Å²) >= 11 is 0. The Bertz CT molecular complexity index is 474. The molecule has 0 saturated heterocycles. The molecular weight excluding hydrogens is 256 g/mol. The minimum Gasteiger partial charge on any atom is -0.491 e. The fourth-order valence-electron chi connectivity index (χ4n) is 2.07. The van der Waals surface area contributed by atoms with Crippen molar-refractivity contribution in [3.05, 3.63) is 23.8 Å². The molecule has 3 N–H and O–H groups in total. The molecule has 110 valence electrons. The molecule has 0 aromatic heterocycles. The topological polar surface area (TPSA) is 70.6 Å². The fourth-order valence-corrected chi connectivity index (χ4v) is 2.07. The number of amides is 1. The summed E-state index contributed by atoms with van der Waals surface area (Å²) in [4.78, 5) is 11.3. The average Bonchev–Trinajstić information content (AvgIpc) is 2.42. The molecule has 1 aliphatic rings. The van der Waals surface area contributed by atoms with Crippen LogP contribution in [0.15, 0.2) is 18.2 Å². The molecular formula is C15H22N2O3. The summed E-state index contributed by atoms with van der Waals surface area (Å²) in [6, 6.07) is 5.93. The zero-order valence-corrected chi connectivity index (χ0v) is 12.0. The molecule has 2 rings (SSSR count). The van der Waals surface area contributed by atoms with E-state index >= 15 is 0 Å². The van der Waals surface area contributed by atoms with Crippen LogP contribution in [0.4, 0.5) is 5.69 Å². The van der Waals surface area contributed by atoms with Crippen LogP contribution in [0.1, 0.15) is 25.8 Å². The molecule has 0 spiro atoms. The molecule has 0 aliphatic carbocycles. The monoisotopic (exact) mass is 278 g/mol. The molecule has 1 aromatic rings. The van der Waals surface area contributed by atoms with Crippen LogP contribution < -0.4 is 15.4 Å². The van der Waals surface area contributed by atoms with Crippen LogP contribution in [0.2, 0.25) is 0 Å². The van der Waals surface area contributed by atoms with Crippen LogP contribution in [0, 0.1) is 0 Å². The van der Waals surface area contributed by atoms with Crippen molar-refractivity contribution in [2.24, 2.45) is 0 Å². The minimum absolute atomic E-state index is 0.0568. The van der Waals surface area contributed by atoms with E-state index in [1.54, 1.807) is 0 Å². The molecule has 0 saturated carbocycles. The molecule has 0 radical (unpaired) electrons. The Kier molecular flexibility index (Phi) is 4.98. The molecule has 20 heavy (non-hydrogen) atoms. The third kappa shape index (κ3) is 4.21. The lowest BCUT2D eigenvalue weighted by Gasteiger charge is -2.19. The predicted molar refractivity (Wildman–Crippen MR) is 78.0 cm³/mol.